The molecule has 2 rings (SSSR count). The standard InChI is InChI=1S/C10H11FN4O/c11-9-3-1-8(2-4-9)5-15-6-10(7-16-12)13-14-15/h1-4,6H,5,7,12H2. The molecule has 84 valence electrons. The van der Waals surface area contributed by atoms with Gasteiger partial charge in [-0.25, -0.2) is 15.0 Å². The molecule has 0 aliphatic rings. The number of hydrogen-bond acceptors (Lipinski definition) is 4. The highest BCUT2D eigenvalue weighted by Gasteiger charge is 2.01. The topological polar surface area (TPSA) is 66.0 Å². The third-order valence-electron chi connectivity index (χ3n) is 2.08. The van der Waals surface area contributed by atoms with Crippen molar-refractivity contribution in [2.45, 2.75) is 13.2 Å². The molecule has 0 fully saturated rings. The molecule has 16 heavy (non-hydrogen) atoms. The van der Waals surface area contributed by atoms with Gasteiger partial charge in [0.1, 0.15) is 18.1 Å². The van der Waals surface area contributed by atoms with E-state index < -0.39 is 0 Å². The van der Waals surface area contributed by atoms with Crippen LogP contribution in [0.3, 0.4) is 0 Å². The van der Waals surface area contributed by atoms with Crippen LogP contribution in [0.25, 0.3) is 0 Å². The fraction of sp³-hybridized carbons (Fsp3) is 0.200. The Hall–Kier alpha value is -1.79. The van der Waals surface area contributed by atoms with E-state index in [9.17, 15) is 4.39 Å². The van der Waals surface area contributed by atoms with Crippen LogP contribution in [0.5, 0.6) is 0 Å². The van der Waals surface area contributed by atoms with E-state index in [1.165, 1.54) is 12.1 Å². The van der Waals surface area contributed by atoms with Crippen LogP contribution in [0.15, 0.2) is 30.5 Å². The Bertz CT molecular complexity index is 454. The highest BCUT2D eigenvalue weighted by molar-refractivity contribution is 5.16. The fourth-order valence-corrected chi connectivity index (χ4v) is 1.34. The molecular weight excluding hydrogens is 211 g/mol. The molecule has 2 aromatic rings. The minimum Gasteiger partial charge on any atom is -0.298 e. The summed E-state index contributed by atoms with van der Waals surface area (Å²) in [6.45, 7) is 0.765. The van der Waals surface area contributed by atoms with Gasteiger partial charge < -0.3 is 0 Å². The van der Waals surface area contributed by atoms with Crippen LogP contribution < -0.4 is 5.90 Å². The summed E-state index contributed by atoms with van der Waals surface area (Å²) in [5.74, 6) is 4.67. The van der Waals surface area contributed by atoms with Crippen LogP contribution in [-0.4, -0.2) is 15.0 Å². The van der Waals surface area contributed by atoms with E-state index in [1.54, 1.807) is 23.0 Å². The molecule has 0 aliphatic carbocycles. The van der Waals surface area contributed by atoms with Crippen molar-refractivity contribution in [3.8, 4) is 0 Å². The van der Waals surface area contributed by atoms with E-state index in [4.69, 9.17) is 5.90 Å². The Morgan fingerprint density at radius 1 is 1.31 bits per heavy atom. The van der Waals surface area contributed by atoms with E-state index in [0.717, 1.165) is 5.56 Å². The molecule has 1 heterocycles. The average Bonchev–Trinajstić information content (AvgIpc) is 2.70. The van der Waals surface area contributed by atoms with Gasteiger partial charge in [0.05, 0.1) is 12.7 Å². The number of hydrogen-bond donors (Lipinski definition) is 1. The number of benzene rings is 1. The quantitative estimate of drug-likeness (QED) is 0.779. The summed E-state index contributed by atoms with van der Waals surface area (Å²) in [5, 5.41) is 7.74. The van der Waals surface area contributed by atoms with Crippen LogP contribution in [-0.2, 0) is 18.0 Å². The zero-order valence-electron chi connectivity index (χ0n) is 8.51. The molecule has 0 saturated heterocycles. The van der Waals surface area contributed by atoms with Crippen LogP contribution >= 0.6 is 0 Å². The largest absolute Gasteiger partial charge is 0.298 e. The van der Waals surface area contributed by atoms with Gasteiger partial charge >= 0.3 is 0 Å². The lowest BCUT2D eigenvalue weighted by Gasteiger charge is -1.99. The van der Waals surface area contributed by atoms with Gasteiger partial charge in [0.15, 0.2) is 0 Å². The van der Waals surface area contributed by atoms with E-state index in [1.807, 2.05) is 0 Å². The summed E-state index contributed by atoms with van der Waals surface area (Å²) in [6, 6.07) is 6.23. The summed E-state index contributed by atoms with van der Waals surface area (Å²) in [5.41, 5.74) is 1.61. The second-order valence-corrected chi connectivity index (χ2v) is 3.34. The molecule has 0 bridgehead atoms. The molecule has 0 unspecified atom stereocenters. The lowest BCUT2D eigenvalue weighted by atomic mass is 10.2. The van der Waals surface area contributed by atoms with Crippen molar-refractivity contribution in [3.63, 3.8) is 0 Å². The van der Waals surface area contributed by atoms with Crippen molar-refractivity contribution in [1.29, 1.82) is 0 Å². The first-order valence-electron chi connectivity index (χ1n) is 4.73. The van der Waals surface area contributed by atoms with Gasteiger partial charge in [-0.05, 0) is 17.7 Å². The maximum absolute atomic E-state index is 12.7. The first kappa shape index (κ1) is 10.7. The smallest absolute Gasteiger partial charge is 0.123 e. The molecule has 6 heteroatoms. The van der Waals surface area contributed by atoms with Gasteiger partial charge in [-0.3, -0.25) is 4.84 Å². The molecule has 0 atom stereocenters. The maximum atomic E-state index is 12.7. The van der Waals surface area contributed by atoms with Gasteiger partial charge in [-0.2, -0.15) is 0 Å². The highest BCUT2D eigenvalue weighted by Crippen LogP contribution is 2.05. The van der Waals surface area contributed by atoms with E-state index in [-0.39, 0.29) is 12.4 Å². The van der Waals surface area contributed by atoms with Crippen molar-refractivity contribution in [1.82, 2.24) is 15.0 Å². The Morgan fingerprint density at radius 2 is 2.06 bits per heavy atom. The van der Waals surface area contributed by atoms with Crippen LogP contribution in [0.4, 0.5) is 4.39 Å². The number of rotatable bonds is 4. The highest BCUT2D eigenvalue weighted by atomic mass is 19.1. The number of aromatic nitrogens is 3. The Balaban J connectivity index is 2.05. The summed E-state index contributed by atoms with van der Waals surface area (Å²) < 4.78 is 14.3. The molecule has 5 nitrogen and oxygen atoms in total. The number of halogens is 1. The van der Waals surface area contributed by atoms with Gasteiger partial charge in [0, 0.05) is 0 Å². The molecule has 1 aromatic carbocycles. The average molecular weight is 222 g/mol. The van der Waals surface area contributed by atoms with Gasteiger partial charge in [-0.15, -0.1) is 5.10 Å². The summed E-state index contributed by atoms with van der Waals surface area (Å²) in [4.78, 5) is 4.44. The van der Waals surface area contributed by atoms with Gasteiger partial charge in [0.25, 0.3) is 0 Å². The molecule has 0 saturated carbocycles. The lowest BCUT2D eigenvalue weighted by Crippen LogP contribution is -2.00. The lowest BCUT2D eigenvalue weighted by molar-refractivity contribution is 0.121. The maximum Gasteiger partial charge on any atom is 0.123 e. The zero-order chi connectivity index (χ0) is 11.4. The third kappa shape index (κ3) is 2.62. The predicted octanol–water partition coefficient (Wildman–Crippen LogP) is 0.856. The molecular formula is C10H11FN4O. The monoisotopic (exact) mass is 222 g/mol. The van der Waals surface area contributed by atoms with E-state index in [2.05, 4.69) is 15.1 Å². The Morgan fingerprint density at radius 3 is 2.75 bits per heavy atom. The molecule has 2 N–H and O–H groups in total. The zero-order valence-corrected chi connectivity index (χ0v) is 8.51. The predicted molar refractivity (Wildman–Crippen MR) is 54.5 cm³/mol. The molecule has 0 radical (unpaired) electrons. The SMILES string of the molecule is NOCc1cn(Cc2ccc(F)cc2)nn1. The Labute approximate surface area is 91.6 Å². The third-order valence-corrected chi connectivity index (χ3v) is 2.08. The Kier molecular flexibility index (Phi) is 3.23. The molecule has 1 aromatic heterocycles. The van der Waals surface area contributed by atoms with Crippen molar-refractivity contribution in [2.75, 3.05) is 0 Å². The van der Waals surface area contributed by atoms with E-state index >= 15 is 0 Å². The van der Waals surface area contributed by atoms with Gasteiger partial charge in [-0.1, -0.05) is 17.3 Å². The van der Waals surface area contributed by atoms with Gasteiger partial charge in [0.2, 0.25) is 0 Å². The molecule has 0 spiro atoms. The minimum absolute atomic E-state index is 0.226. The van der Waals surface area contributed by atoms with Crippen molar-refractivity contribution < 1.29 is 9.23 Å². The van der Waals surface area contributed by atoms with Crippen molar-refractivity contribution >= 4 is 0 Å². The second kappa shape index (κ2) is 4.82. The minimum atomic E-state index is -0.250. The number of nitrogens with zero attached hydrogens (tertiary/aromatic N) is 3. The summed E-state index contributed by atoms with van der Waals surface area (Å²) >= 11 is 0. The second-order valence-electron chi connectivity index (χ2n) is 3.34. The van der Waals surface area contributed by atoms with Crippen LogP contribution in [0.2, 0.25) is 0 Å². The van der Waals surface area contributed by atoms with Crippen molar-refractivity contribution in [2.24, 2.45) is 5.90 Å². The van der Waals surface area contributed by atoms with E-state index in [0.29, 0.717) is 12.2 Å². The van der Waals surface area contributed by atoms with Crippen molar-refractivity contribution in [3.05, 3.63) is 47.5 Å². The first-order chi connectivity index (χ1) is 7.78. The normalized spacial score (nSPS) is 10.6. The van der Waals surface area contributed by atoms with Crippen LogP contribution in [0.1, 0.15) is 11.3 Å². The van der Waals surface area contributed by atoms with Crippen LogP contribution in [0, 0.1) is 5.82 Å². The molecule has 0 aliphatic heterocycles. The summed E-state index contributed by atoms with van der Waals surface area (Å²) in [6.07, 6.45) is 1.73. The number of nitrogens with two attached hydrogens (primary N) is 1. The fourth-order valence-electron chi connectivity index (χ4n) is 1.34. The first-order valence-corrected chi connectivity index (χ1v) is 4.73. The summed E-state index contributed by atoms with van der Waals surface area (Å²) in [7, 11) is 0. The molecule has 0 amide bonds.